The smallest absolute Gasteiger partial charge is 0.187 e. The number of rotatable bonds is 12. The van der Waals surface area contributed by atoms with E-state index in [0.717, 1.165) is 24.2 Å². The second-order valence-corrected chi connectivity index (χ2v) is 19.3. The fraction of sp³-hybridized carbons (Fsp3) is 0.848. The number of carbonyl (C=O) groups is 1. The van der Waals surface area contributed by atoms with Gasteiger partial charge in [0.05, 0.1) is 61.7 Å². The minimum absolute atomic E-state index is 0.0972. The maximum absolute atomic E-state index is 13.8. The van der Waals surface area contributed by atoms with Crippen LogP contribution in [0.25, 0.3) is 0 Å². The van der Waals surface area contributed by atoms with E-state index >= 15 is 0 Å². The summed E-state index contributed by atoms with van der Waals surface area (Å²) < 4.78 is 66.9. The van der Waals surface area contributed by atoms with Crippen LogP contribution in [0.3, 0.4) is 0 Å². The first-order valence-electron chi connectivity index (χ1n) is 23.1. The van der Waals surface area contributed by atoms with Crippen LogP contribution in [0.5, 0.6) is 0 Å². The van der Waals surface area contributed by atoms with Crippen molar-refractivity contribution in [1.82, 2.24) is 0 Å². The first-order valence-corrected chi connectivity index (χ1v) is 23.1. The lowest BCUT2D eigenvalue weighted by molar-refractivity contribution is -0.357. The van der Waals surface area contributed by atoms with E-state index in [-0.39, 0.29) is 48.2 Å². The molecule has 8 rings (SSSR count). The summed E-state index contributed by atoms with van der Waals surface area (Å²) in [5, 5.41) is 63.6. The molecule has 1 aromatic heterocycles. The lowest BCUT2D eigenvalue weighted by Gasteiger charge is -2.54. The minimum atomic E-state index is -1.59. The van der Waals surface area contributed by atoms with Crippen LogP contribution in [0, 0.1) is 24.2 Å². The highest BCUT2D eigenvalue weighted by molar-refractivity contribution is 5.89. The van der Waals surface area contributed by atoms with Crippen molar-refractivity contribution in [1.29, 1.82) is 0 Å². The third-order valence-corrected chi connectivity index (χ3v) is 15.5. The van der Waals surface area contributed by atoms with Crippen LogP contribution in [-0.4, -0.2) is 174 Å². The zero-order chi connectivity index (χ0) is 45.8. The van der Waals surface area contributed by atoms with Gasteiger partial charge in [0.1, 0.15) is 54.3 Å². The number of furan rings is 1. The molecule has 6 N–H and O–H groups in total. The molecule has 3 aliphatic carbocycles. The highest BCUT2D eigenvalue weighted by Gasteiger charge is 2.55. The van der Waals surface area contributed by atoms with Crippen LogP contribution < -0.4 is 0 Å². The largest absolute Gasteiger partial charge is 0.469 e. The zero-order valence-corrected chi connectivity index (χ0v) is 37.9. The molecule has 23 atom stereocenters. The van der Waals surface area contributed by atoms with Crippen molar-refractivity contribution in [3.63, 3.8) is 0 Å². The van der Waals surface area contributed by atoms with Gasteiger partial charge in [-0.05, 0) is 77.2 Å². The lowest BCUT2D eigenvalue weighted by atomic mass is 9.51. The van der Waals surface area contributed by atoms with E-state index in [1.807, 2.05) is 26.8 Å². The summed E-state index contributed by atoms with van der Waals surface area (Å²) in [6.45, 7) is 8.92. The maximum atomic E-state index is 13.8. The van der Waals surface area contributed by atoms with E-state index in [4.69, 9.17) is 51.8 Å². The number of ketones is 1. The third-order valence-electron chi connectivity index (χ3n) is 15.5. The molecule has 0 bridgehead atoms. The number of allylic oxidation sites excluding steroid dienone is 1. The number of methoxy groups -OCH3 is 2. The van der Waals surface area contributed by atoms with Crippen LogP contribution in [0.2, 0.25) is 0 Å². The van der Waals surface area contributed by atoms with Crippen molar-refractivity contribution in [2.24, 2.45) is 17.3 Å². The van der Waals surface area contributed by atoms with Crippen LogP contribution in [0.1, 0.15) is 96.3 Å². The van der Waals surface area contributed by atoms with Crippen molar-refractivity contribution in [3.8, 4) is 0 Å². The predicted molar refractivity (Wildman–Crippen MR) is 221 cm³/mol. The molecule has 0 spiro atoms. The van der Waals surface area contributed by atoms with Gasteiger partial charge >= 0.3 is 0 Å². The standard InChI is InChI=1S/C46H70O18/c1-20-25(12-13-56-20)26-10-11-28-27(38(26)50)9-8-24-14-31(30(49)18-46(24,28)5)60-35-15-29(48)42(21(2)57-35)62-36-16-32(54-6)43(22(3)58-36)63-37-17-33(55-7)44(23(4)59-37)64-45-41(53)40(52)39(51)34(19-47)61-45/h8,12-13,21-23,26-37,39-45,47-49,51-53H,9-11,14-19H2,1-7H3/t21-,22+,23+,26?,27?,28?,29+,30-,31-,32-,33+,34-,35+,36-,37+,39-,40+,41-,42-,43+,44-,45+,46?/m1/s1. The van der Waals surface area contributed by atoms with E-state index in [2.05, 4.69) is 13.0 Å². The first kappa shape index (κ1) is 48.5. The minimum Gasteiger partial charge on any atom is -0.469 e. The Morgan fingerprint density at radius 2 is 1.34 bits per heavy atom. The Balaban J connectivity index is 0.822. The number of hydrogen-bond donors (Lipinski definition) is 6. The summed E-state index contributed by atoms with van der Waals surface area (Å²) in [5.41, 5.74) is 1.88. The second kappa shape index (κ2) is 19.9. The number of carbonyl (C=O) groups excluding carboxylic acids is 1. The highest BCUT2D eigenvalue weighted by Crippen LogP contribution is 2.58. The Bertz CT molecular complexity index is 1740. The van der Waals surface area contributed by atoms with E-state index in [1.165, 1.54) is 12.7 Å². The molecule has 0 aromatic carbocycles. The Morgan fingerprint density at radius 1 is 0.734 bits per heavy atom. The fourth-order valence-electron chi connectivity index (χ4n) is 11.9. The normalized spacial score (nSPS) is 48.9. The number of hydrogen-bond acceptors (Lipinski definition) is 18. The summed E-state index contributed by atoms with van der Waals surface area (Å²) in [4.78, 5) is 13.8. The number of Topliss-reactive ketones (excluding diaryl/α,β-unsaturated/α-hetero) is 1. The number of aliphatic hydroxyl groups is 6. The van der Waals surface area contributed by atoms with Gasteiger partial charge in [0.25, 0.3) is 0 Å². The van der Waals surface area contributed by atoms with Gasteiger partial charge in [-0.3, -0.25) is 4.79 Å². The van der Waals surface area contributed by atoms with Crippen LogP contribution >= 0.6 is 0 Å². The number of aliphatic hydroxyl groups excluding tert-OH is 6. The topological polar surface area (TPSA) is 244 Å². The first-order chi connectivity index (χ1) is 30.5. The van der Waals surface area contributed by atoms with Crippen molar-refractivity contribution in [2.75, 3.05) is 20.8 Å². The zero-order valence-electron chi connectivity index (χ0n) is 37.9. The van der Waals surface area contributed by atoms with Crippen molar-refractivity contribution >= 4 is 5.78 Å². The second-order valence-electron chi connectivity index (χ2n) is 19.3. The Labute approximate surface area is 374 Å². The molecule has 18 nitrogen and oxygen atoms in total. The number of fused-ring (bicyclic) bond motifs is 3. The molecule has 64 heavy (non-hydrogen) atoms. The van der Waals surface area contributed by atoms with Crippen LogP contribution in [0.4, 0.5) is 0 Å². The summed E-state index contributed by atoms with van der Waals surface area (Å²) in [6, 6.07) is 1.92. The summed E-state index contributed by atoms with van der Waals surface area (Å²) in [5.74, 6) is 0.963. The molecule has 1 aromatic rings. The molecule has 0 amide bonds. The molecule has 4 unspecified atom stereocenters. The Hall–Kier alpha value is -1.95. The van der Waals surface area contributed by atoms with Crippen LogP contribution in [-0.2, 0) is 52.2 Å². The molecule has 4 aliphatic heterocycles. The highest BCUT2D eigenvalue weighted by atomic mass is 16.8. The molecule has 2 saturated carbocycles. The lowest BCUT2D eigenvalue weighted by Crippen LogP contribution is -2.62. The SMILES string of the molecule is CO[C@H]1C[C@H](O[C@H]2[C@H](C)O[C@H](O[C@H]3[C@@H](O)C[C@H](O[C@@H]4CC5=CCC6C(=O)C(c7ccoc7C)CCC6C5(C)C[C@H]4O)O[C@@H]3C)C[C@H]2OC)O[C@@H](C)[C@H]1O[C@@H]1O[C@H](CO)[C@@H](O)[C@H](O)[C@H]1O. The molecular weight excluding hydrogens is 840 g/mol. The molecule has 6 fully saturated rings. The third kappa shape index (κ3) is 9.43. The molecule has 362 valence electrons. The quantitative estimate of drug-likeness (QED) is 0.164. The maximum Gasteiger partial charge on any atom is 0.187 e. The van der Waals surface area contributed by atoms with Crippen molar-refractivity contribution < 1.29 is 87.2 Å². The molecule has 4 saturated heterocycles. The van der Waals surface area contributed by atoms with E-state index in [1.54, 1.807) is 20.3 Å². The number of ether oxygens (including phenoxy) is 10. The Morgan fingerprint density at radius 3 is 1.94 bits per heavy atom. The van der Waals surface area contributed by atoms with Gasteiger partial charge in [-0.15, -0.1) is 0 Å². The van der Waals surface area contributed by atoms with Crippen LogP contribution in [0.15, 0.2) is 28.4 Å². The molecular formula is C46H70O18. The van der Waals surface area contributed by atoms with E-state index in [9.17, 15) is 35.4 Å². The summed E-state index contributed by atoms with van der Waals surface area (Å²) in [7, 11) is 3.08. The van der Waals surface area contributed by atoms with E-state index in [0.29, 0.717) is 19.3 Å². The molecule has 7 aliphatic rings. The average Bonchev–Trinajstić information content (AvgIpc) is 3.69. The summed E-state index contributed by atoms with van der Waals surface area (Å²) in [6.07, 6.45) is -8.83. The molecule has 18 heteroatoms. The van der Waals surface area contributed by atoms with Gasteiger partial charge in [-0.1, -0.05) is 18.6 Å². The van der Waals surface area contributed by atoms with Gasteiger partial charge in [-0.25, -0.2) is 0 Å². The van der Waals surface area contributed by atoms with Crippen molar-refractivity contribution in [2.45, 2.75) is 209 Å². The number of aryl methyl sites for hydroxylation is 1. The Kier molecular flexibility index (Phi) is 15.1. The van der Waals surface area contributed by atoms with Gasteiger partial charge in [0, 0.05) is 50.9 Å². The van der Waals surface area contributed by atoms with Gasteiger partial charge in [0.2, 0.25) is 0 Å². The molecule has 5 heterocycles. The average molecular weight is 911 g/mol. The van der Waals surface area contributed by atoms with Gasteiger partial charge < -0.3 is 82.4 Å². The molecule has 0 radical (unpaired) electrons. The summed E-state index contributed by atoms with van der Waals surface area (Å²) >= 11 is 0. The van der Waals surface area contributed by atoms with Crippen molar-refractivity contribution in [3.05, 3.63) is 35.3 Å². The predicted octanol–water partition coefficient (Wildman–Crippen LogP) is 1.89. The van der Waals surface area contributed by atoms with E-state index < -0.39 is 123 Å². The van der Waals surface area contributed by atoms with Gasteiger partial charge in [0.15, 0.2) is 25.2 Å². The monoisotopic (exact) mass is 910 g/mol. The van der Waals surface area contributed by atoms with Gasteiger partial charge in [-0.2, -0.15) is 0 Å². The fourth-order valence-corrected chi connectivity index (χ4v) is 11.9.